The van der Waals surface area contributed by atoms with Crippen molar-refractivity contribution < 1.29 is 9.53 Å². The second-order valence-corrected chi connectivity index (χ2v) is 4.71. The molecule has 0 unspecified atom stereocenters. The Kier molecular flexibility index (Phi) is 3.49. The molecule has 1 aliphatic rings. The summed E-state index contributed by atoms with van der Waals surface area (Å²) in [5, 5.41) is 0. The minimum atomic E-state index is -0.284. The largest absolute Gasteiger partial charge is 0.465 e. The van der Waals surface area contributed by atoms with Crippen LogP contribution < -0.4 is 4.90 Å². The maximum Gasteiger partial charge on any atom is 0.337 e. The molecule has 1 saturated heterocycles. The number of hydrogen-bond acceptors (Lipinski definition) is 3. The van der Waals surface area contributed by atoms with Gasteiger partial charge in [-0.1, -0.05) is 0 Å². The number of methoxy groups -OCH3 is 1. The summed E-state index contributed by atoms with van der Waals surface area (Å²) in [6, 6.07) is 5.57. The maximum atomic E-state index is 11.4. The standard InChI is InChI=1S/C12H14BrNO2/c1-16-12(15)9-4-5-10(13)11(8-9)14-6-2-3-7-14/h4-5,8H,2-3,6-7H2,1H3. The van der Waals surface area contributed by atoms with Crippen LogP contribution >= 0.6 is 15.9 Å². The van der Waals surface area contributed by atoms with Crippen LogP contribution in [0.3, 0.4) is 0 Å². The number of benzene rings is 1. The second kappa shape index (κ2) is 4.87. The molecule has 0 radical (unpaired) electrons. The van der Waals surface area contributed by atoms with Crippen molar-refractivity contribution in [3.63, 3.8) is 0 Å². The lowest BCUT2D eigenvalue weighted by Gasteiger charge is -2.19. The van der Waals surface area contributed by atoms with Crippen molar-refractivity contribution in [3.05, 3.63) is 28.2 Å². The molecule has 1 aliphatic heterocycles. The first-order chi connectivity index (χ1) is 7.72. The summed E-state index contributed by atoms with van der Waals surface area (Å²) in [7, 11) is 1.40. The molecular weight excluding hydrogens is 270 g/mol. The molecule has 2 rings (SSSR count). The number of halogens is 1. The van der Waals surface area contributed by atoms with Gasteiger partial charge in [-0.15, -0.1) is 0 Å². The molecule has 4 heteroatoms. The van der Waals surface area contributed by atoms with Crippen molar-refractivity contribution >= 4 is 27.6 Å². The van der Waals surface area contributed by atoms with E-state index in [0.717, 1.165) is 23.2 Å². The first-order valence-electron chi connectivity index (χ1n) is 5.35. The Morgan fingerprint density at radius 2 is 2.06 bits per heavy atom. The molecule has 1 aromatic rings. The third kappa shape index (κ3) is 2.21. The molecule has 1 heterocycles. The Bertz CT molecular complexity index is 400. The summed E-state index contributed by atoms with van der Waals surface area (Å²) >= 11 is 3.52. The molecule has 0 bridgehead atoms. The Labute approximate surface area is 104 Å². The van der Waals surface area contributed by atoms with Crippen molar-refractivity contribution in [1.29, 1.82) is 0 Å². The lowest BCUT2D eigenvalue weighted by molar-refractivity contribution is 0.0601. The van der Waals surface area contributed by atoms with Crippen LogP contribution in [0.5, 0.6) is 0 Å². The molecule has 0 aromatic heterocycles. The van der Waals surface area contributed by atoms with Gasteiger partial charge in [0, 0.05) is 17.6 Å². The highest BCUT2D eigenvalue weighted by atomic mass is 79.9. The summed E-state index contributed by atoms with van der Waals surface area (Å²) in [6.45, 7) is 2.12. The molecule has 86 valence electrons. The number of nitrogens with zero attached hydrogens (tertiary/aromatic N) is 1. The lowest BCUT2D eigenvalue weighted by Crippen LogP contribution is -2.18. The lowest BCUT2D eigenvalue weighted by atomic mass is 10.2. The van der Waals surface area contributed by atoms with Crippen molar-refractivity contribution in [1.82, 2.24) is 0 Å². The van der Waals surface area contributed by atoms with Crippen LogP contribution in [0.15, 0.2) is 22.7 Å². The molecule has 0 N–H and O–H groups in total. The van der Waals surface area contributed by atoms with E-state index in [-0.39, 0.29) is 5.97 Å². The van der Waals surface area contributed by atoms with Crippen molar-refractivity contribution in [2.45, 2.75) is 12.8 Å². The van der Waals surface area contributed by atoms with Crippen LogP contribution in [0.4, 0.5) is 5.69 Å². The zero-order chi connectivity index (χ0) is 11.5. The number of anilines is 1. The molecule has 16 heavy (non-hydrogen) atoms. The van der Waals surface area contributed by atoms with Gasteiger partial charge in [-0.25, -0.2) is 4.79 Å². The molecule has 0 amide bonds. The number of carbonyl (C=O) groups excluding carboxylic acids is 1. The normalized spacial score (nSPS) is 15.2. The fourth-order valence-corrected chi connectivity index (χ4v) is 2.46. The molecule has 0 spiro atoms. The molecular formula is C12H14BrNO2. The van der Waals surface area contributed by atoms with Crippen molar-refractivity contribution in [2.75, 3.05) is 25.1 Å². The van der Waals surface area contributed by atoms with Gasteiger partial charge in [-0.05, 0) is 47.0 Å². The van der Waals surface area contributed by atoms with E-state index < -0.39 is 0 Å². The Morgan fingerprint density at radius 3 is 2.69 bits per heavy atom. The van der Waals surface area contributed by atoms with E-state index in [1.807, 2.05) is 12.1 Å². The fraction of sp³-hybridized carbons (Fsp3) is 0.417. The summed E-state index contributed by atoms with van der Waals surface area (Å²) < 4.78 is 5.75. The van der Waals surface area contributed by atoms with Gasteiger partial charge < -0.3 is 9.64 Å². The van der Waals surface area contributed by atoms with Gasteiger partial charge in [-0.3, -0.25) is 0 Å². The molecule has 1 aromatic carbocycles. The SMILES string of the molecule is COC(=O)c1ccc(Br)c(N2CCCC2)c1. The third-order valence-corrected chi connectivity index (χ3v) is 3.48. The highest BCUT2D eigenvalue weighted by Gasteiger charge is 2.17. The number of rotatable bonds is 2. The van der Waals surface area contributed by atoms with Gasteiger partial charge in [0.1, 0.15) is 0 Å². The molecule has 0 atom stereocenters. The van der Waals surface area contributed by atoms with Crippen molar-refractivity contribution in [3.8, 4) is 0 Å². The van der Waals surface area contributed by atoms with E-state index in [9.17, 15) is 4.79 Å². The number of hydrogen-bond donors (Lipinski definition) is 0. The van der Waals surface area contributed by atoms with Gasteiger partial charge in [0.2, 0.25) is 0 Å². The first kappa shape index (κ1) is 11.5. The maximum absolute atomic E-state index is 11.4. The minimum Gasteiger partial charge on any atom is -0.465 e. The number of carbonyl (C=O) groups is 1. The van der Waals surface area contributed by atoms with E-state index >= 15 is 0 Å². The molecule has 0 saturated carbocycles. The predicted octanol–water partition coefficient (Wildman–Crippen LogP) is 2.84. The van der Waals surface area contributed by atoms with Crippen LogP contribution in [-0.4, -0.2) is 26.2 Å². The van der Waals surface area contributed by atoms with Crippen LogP contribution in [0.2, 0.25) is 0 Å². The van der Waals surface area contributed by atoms with E-state index in [2.05, 4.69) is 20.8 Å². The monoisotopic (exact) mass is 283 g/mol. The highest BCUT2D eigenvalue weighted by molar-refractivity contribution is 9.10. The van der Waals surface area contributed by atoms with Crippen LogP contribution in [0.1, 0.15) is 23.2 Å². The molecule has 3 nitrogen and oxygen atoms in total. The van der Waals surface area contributed by atoms with Crippen LogP contribution in [-0.2, 0) is 4.74 Å². The van der Waals surface area contributed by atoms with E-state index in [0.29, 0.717) is 5.56 Å². The van der Waals surface area contributed by atoms with Crippen LogP contribution in [0, 0.1) is 0 Å². The van der Waals surface area contributed by atoms with Gasteiger partial charge >= 0.3 is 5.97 Å². The molecule has 1 fully saturated rings. The van der Waals surface area contributed by atoms with E-state index in [4.69, 9.17) is 4.74 Å². The smallest absolute Gasteiger partial charge is 0.337 e. The van der Waals surface area contributed by atoms with E-state index in [1.54, 1.807) is 6.07 Å². The number of ether oxygens (including phenoxy) is 1. The number of esters is 1. The minimum absolute atomic E-state index is 0.284. The average molecular weight is 284 g/mol. The Hall–Kier alpha value is -1.03. The summed E-state index contributed by atoms with van der Waals surface area (Å²) in [6.07, 6.45) is 2.43. The fourth-order valence-electron chi connectivity index (χ4n) is 1.96. The van der Waals surface area contributed by atoms with Gasteiger partial charge in [-0.2, -0.15) is 0 Å². The zero-order valence-corrected chi connectivity index (χ0v) is 10.8. The van der Waals surface area contributed by atoms with E-state index in [1.165, 1.54) is 20.0 Å². The predicted molar refractivity (Wildman–Crippen MR) is 66.9 cm³/mol. The zero-order valence-electron chi connectivity index (χ0n) is 9.20. The summed E-state index contributed by atoms with van der Waals surface area (Å²) in [5.41, 5.74) is 1.69. The first-order valence-corrected chi connectivity index (χ1v) is 6.14. The summed E-state index contributed by atoms with van der Waals surface area (Å²) in [4.78, 5) is 13.7. The second-order valence-electron chi connectivity index (χ2n) is 3.85. The van der Waals surface area contributed by atoms with Gasteiger partial charge in [0.05, 0.1) is 18.4 Å². The van der Waals surface area contributed by atoms with Crippen LogP contribution in [0.25, 0.3) is 0 Å². The Morgan fingerprint density at radius 1 is 1.38 bits per heavy atom. The quantitative estimate of drug-likeness (QED) is 0.782. The van der Waals surface area contributed by atoms with Gasteiger partial charge in [0.25, 0.3) is 0 Å². The van der Waals surface area contributed by atoms with Crippen molar-refractivity contribution in [2.24, 2.45) is 0 Å². The average Bonchev–Trinajstić information content (AvgIpc) is 2.82. The highest BCUT2D eigenvalue weighted by Crippen LogP contribution is 2.30. The summed E-state index contributed by atoms with van der Waals surface area (Å²) in [5.74, 6) is -0.284. The third-order valence-electron chi connectivity index (χ3n) is 2.81. The topological polar surface area (TPSA) is 29.5 Å². The van der Waals surface area contributed by atoms with Gasteiger partial charge in [0.15, 0.2) is 0 Å². The Balaban J connectivity index is 2.32. The molecule has 0 aliphatic carbocycles.